The van der Waals surface area contributed by atoms with Gasteiger partial charge in [-0.3, -0.25) is 0 Å². The number of hydrogen-bond acceptors (Lipinski definition) is 1. The molecule has 0 aliphatic rings. The van der Waals surface area contributed by atoms with Gasteiger partial charge in [0.05, 0.1) is 5.56 Å². The van der Waals surface area contributed by atoms with Crippen LogP contribution in [0.25, 0.3) is 0 Å². The molecule has 1 nitrogen and oxygen atoms in total. The molecule has 0 amide bonds. The summed E-state index contributed by atoms with van der Waals surface area (Å²) in [4.78, 5) is 0. The first-order valence-electron chi connectivity index (χ1n) is 3.08. The number of rotatable bonds is 1. The molecule has 0 fully saturated rings. The van der Waals surface area contributed by atoms with Crippen LogP contribution in [0.3, 0.4) is 0 Å². The quantitative estimate of drug-likeness (QED) is 0.366. The Morgan fingerprint density at radius 3 is 2.15 bits per heavy atom. The molecule has 1 N–H and O–H groups in total. The molecule has 1 rings (SSSR count). The van der Waals surface area contributed by atoms with Crippen LogP contribution < -0.4 is 0 Å². The van der Waals surface area contributed by atoms with Crippen molar-refractivity contribution in [2.24, 2.45) is 0 Å². The summed E-state index contributed by atoms with van der Waals surface area (Å²) in [6.45, 7) is 0. The number of aliphatic hydroxyl groups is 1. The second kappa shape index (κ2) is 3.41. The molecule has 0 saturated carbocycles. The third-order valence-electron chi connectivity index (χ3n) is 1.36. The smallest absolute Gasteiger partial charge is 0.287 e. The maximum atomic E-state index is 12.7. The fourth-order valence-corrected chi connectivity index (χ4v) is 1.17. The molecule has 0 radical (unpaired) electrons. The van der Waals surface area contributed by atoms with Gasteiger partial charge >= 0.3 is 0 Å². The lowest BCUT2D eigenvalue weighted by atomic mass is 10.2. The van der Waals surface area contributed by atoms with Crippen molar-refractivity contribution in [3.8, 4) is 0 Å². The molecule has 0 saturated heterocycles. The number of benzene rings is 1. The number of hydrogen-bond donors (Lipinski definition) is 1. The molecule has 1 atom stereocenters. The summed E-state index contributed by atoms with van der Waals surface area (Å²) in [5, 5.41) is 8.68. The van der Waals surface area contributed by atoms with Crippen LogP contribution in [0.4, 0.5) is 17.6 Å². The average Bonchev–Trinajstić information content (AvgIpc) is 1.98. The van der Waals surface area contributed by atoms with Crippen LogP contribution >= 0.6 is 22.6 Å². The molecule has 0 aliphatic carbocycles. The highest BCUT2D eigenvalue weighted by atomic mass is 127. The van der Waals surface area contributed by atoms with Gasteiger partial charge in [0.15, 0.2) is 17.5 Å². The highest BCUT2D eigenvalue weighted by Gasteiger charge is 2.30. The summed E-state index contributed by atoms with van der Waals surface area (Å²) in [5.74, 6) is -4.95. The molecule has 0 aliphatic heterocycles. The summed E-state index contributed by atoms with van der Waals surface area (Å²) in [6.07, 6.45) is 0. The zero-order chi connectivity index (χ0) is 10.2. The Morgan fingerprint density at radius 2 is 1.69 bits per heavy atom. The average molecular weight is 306 g/mol. The van der Waals surface area contributed by atoms with Gasteiger partial charge in [0.25, 0.3) is 3.86 Å². The molecular formula is C7H3F4IO. The van der Waals surface area contributed by atoms with Crippen molar-refractivity contribution >= 4 is 22.6 Å². The third-order valence-corrected chi connectivity index (χ3v) is 1.94. The van der Waals surface area contributed by atoms with Crippen LogP contribution in [-0.2, 0) is 3.86 Å². The van der Waals surface area contributed by atoms with Gasteiger partial charge < -0.3 is 5.11 Å². The van der Waals surface area contributed by atoms with E-state index in [2.05, 4.69) is 0 Å². The lowest BCUT2D eigenvalue weighted by Gasteiger charge is -2.12. The second-order valence-corrected chi connectivity index (χ2v) is 3.69. The van der Waals surface area contributed by atoms with E-state index in [0.29, 0.717) is 12.1 Å². The predicted molar refractivity (Wildman–Crippen MR) is 45.3 cm³/mol. The standard InChI is InChI=1S/C7H3F4IO/c8-4-2-1-3(7(11,12)13)5(9)6(4)10/h1-2,13H. The molecule has 1 aromatic rings. The highest BCUT2D eigenvalue weighted by Crippen LogP contribution is 2.33. The minimum Gasteiger partial charge on any atom is -0.350 e. The Balaban J connectivity index is 3.35. The topological polar surface area (TPSA) is 20.2 Å². The molecule has 6 heteroatoms. The van der Waals surface area contributed by atoms with Gasteiger partial charge in [-0.05, 0) is 34.7 Å². The minimum absolute atomic E-state index is 0.539. The molecular weight excluding hydrogens is 303 g/mol. The zero-order valence-electron chi connectivity index (χ0n) is 5.99. The third kappa shape index (κ3) is 2.11. The van der Waals surface area contributed by atoms with E-state index in [0.717, 1.165) is 22.6 Å². The van der Waals surface area contributed by atoms with Crippen LogP contribution in [0.15, 0.2) is 12.1 Å². The van der Waals surface area contributed by atoms with E-state index in [1.54, 1.807) is 0 Å². The molecule has 1 aromatic carbocycles. The molecule has 0 bridgehead atoms. The van der Waals surface area contributed by atoms with Gasteiger partial charge in [0, 0.05) is 0 Å². The summed E-state index contributed by atoms with van der Waals surface area (Å²) < 4.78 is 47.2. The van der Waals surface area contributed by atoms with Crippen LogP contribution in [0.1, 0.15) is 5.56 Å². The normalized spacial score (nSPS) is 15.5. The Labute approximate surface area is 84.5 Å². The van der Waals surface area contributed by atoms with Crippen molar-refractivity contribution in [3.05, 3.63) is 35.1 Å². The van der Waals surface area contributed by atoms with Crippen molar-refractivity contribution in [1.82, 2.24) is 0 Å². The van der Waals surface area contributed by atoms with Crippen molar-refractivity contribution in [1.29, 1.82) is 0 Å². The van der Waals surface area contributed by atoms with Crippen molar-refractivity contribution in [2.45, 2.75) is 3.86 Å². The summed E-state index contributed by atoms with van der Waals surface area (Å²) in [7, 11) is 0. The predicted octanol–water partition coefficient (Wildman–Crippen LogP) is 2.61. The molecule has 13 heavy (non-hydrogen) atoms. The Kier molecular flexibility index (Phi) is 2.81. The van der Waals surface area contributed by atoms with Crippen LogP contribution in [0.2, 0.25) is 0 Å². The molecule has 0 spiro atoms. The Hall–Kier alpha value is -0.370. The van der Waals surface area contributed by atoms with Crippen LogP contribution in [0, 0.1) is 17.5 Å². The van der Waals surface area contributed by atoms with E-state index < -0.39 is 26.9 Å². The molecule has 0 heterocycles. The lowest BCUT2D eigenvalue weighted by molar-refractivity contribution is 0.0156. The first-order chi connectivity index (χ1) is 5.84. The molecule has 72 valence electrons. The van der Waals surface area contributed by atoms with Gasteiger partial charge in [-0.15, -0.1) is 0 Å². The maximum Gasteiger partial charge on any atom is 0.287 e. The van der Waals surface area contributed by atoms with E-state index in [-0.39, 0.29) is 0 Å². The first-order valence-corrected chi connectivity index (χ1v) is 4.16. The fourth-order valence-electron chi connectivity index (χ4n) is 0.758. The monoisotopic (exact) mass is 306 g/mol. The second-order valence-electron chi connectivity index (χ2n) is 2.26. The maximum absolute atomic E-state index is 12.7. The van der Waals surface area contributed by atoms with Crippen LogP contribution in [0.5, 0.6) is 0 Å². The Morgan fingerprint density at radius 1 is 1.15 bits per heavy atom. The Bertz CT molecular complexity index is 334. The molecule has 0 aromatic heterocycles. The summed E-state index contributed by atoms with van der Waals surface area (Å²) in [5.41, 5.74) is -0.938. The van der Waals surface area contributed by atoms with Crippen LogP contribution in [-0.4, -0.2) is 5.11 Å². The van der Waals surface area contributed by atoms with Crippen molar-refractivity contribution in [2.75, 3.05) is 0 Å². The first kappa shape index (κ1) is 10.7. The SMILES string of the molecule is OC(F)(I)c1ccc(F)c(F)c1F. The minimum atomic E-state index is -3.05. The number of halogens is 5. The van der Waals surface area contributed by atoms with E-state index in [4.69, 9.17) is 5.11 Å². The van der Waals surface area contributed by atoms with Crippen molar-refractivity contribution < 1.29 is 22.7 Å². The van der Waals surface area contributed by atoms with Gasteiger partial charge in [-0.1, -0.05) is 0 Å². The fraction of sp³-hybridized carbons (Fsp3) is 0.143. The van der Waals surface area contributed by atoms with Gasteiger partial charge in [0.1, 0.15) is 0 Å². The van der Waals surface area contributed by atoms with Gasteiger partial charge in [0.2, 0.25) is 0 Å². The van der Waals surface area contributed by atoms with E-state index >= 15 is 0 Å². The molecule has 1 unspecified atom stereocenters. The highest BCUT2D eigenvalue weighted by molar-refractivity contribution is 14.1. The van der Waals surface area contributed by atoms with Gasteiger partial charge in [-0.2, -0.15) is 4.39 Å². The largest absolute Gasteiger partial charge is 0.350 e. The van der Waals surface area contributed by atoms with E-state index in [1.807, 2.05) is 0 Å². The van der Waals surface area contributed by atoms with E-state index in [9.17, 15) is 17.6 Å². The van der Waals surface area contributed by atoms with E-state index in [1.165, 1.54) is 0 Å². The van der Waals surface area contributed by atoms with Crippen molar-refractivity contribution in [3.63, 3.8) is 0 Å². The van der Waals surface area contributed by atoms with Gasteiger partial charge in [-0.25, -0.2) is 13.2 Å². The summed E-state index contributed by atoms with van der Waals surface area (Å²) >= 11 is 0.856. The number of alkyl halides is 2. The lowest BCUT2D eigenvalue weighted by Crippen LogP contribution is -2.13. The zero-order valence-corrected chi connectivity index (χ0v) is 8.15. The summed E-state index contributed by atoms with van der Waals surface area (Å²) in [6, 6.07) is 1.18.